The van der Waals surface area contributed by atoms with E-state index in [0.717, 1.165) is 17.9 Å². The van der Waals surface area contributed by atoms with Crippen molar-refractivity contribution in [3.8, 4) is 0 Å². The Kier molecular flexibility index (Phi) is 7.42. The van der Waals surface area contributed by atoms with Crippen LogP contribution in [0.1, 0.15) is 86.0 Å². The molecule has 1 fully saturated rings. The van der Waals surface area contributed by atoms with Crippen LogP contribution in [0, 0.1) is 17.3 Å². The summed E-state index contributed by atoms with van der Waals surface area (Å²) >= 11 is 0. The molecule has 1 aliphatic rings. The summed E-state index contributed by atoms with van der Waals surface area (Å²) < 4.78 is 0. The zero-order valence-corrected chi connectivity index (χ0v) is 14.1. The summed E-state index contributed by atoms with van der Waals surface area (Å²) in [6.45, 7) is 13.1. The van der Waals surface area contributed by atoms with E-state index in [-0.39, 0.29) is 0 Å². The molecule has 0 aromatic rings. The molecule has 1 nitrogen and oxygen atoms in total. The highest BCUT2D eigenvalue weighted by Crippen LogP contribution is 2.47. The smallest absolute Gasteiger partial charge is 0.0126 e. The molecule has 0 aromatic heterocycles. The maximum absolute atomic E-state index is 3.92. The van der Waals surface area contributed by atoms with Gasteiger partial charge in [-0.05, 0) is 55.9 Å². The van der Waals surface area contributed by atoms with Crippen LogP contribution in [0.2, 0.25) is 0 Å². The van der Waals surface area contributed by atoms with E-state index in [4.69, 9.17) is 0 Å². The predicted octanol–water partition coefficient (Wildman–Crippen LogP) is 5.40. The molecule has 0 amide bonds. The normalized spacial score (nSPS) is 21.8. The summed E-state index contributed by atoms with van der Waals surface area (Å²) in [5, 5.41) is 3.92. The second-order valence-corrected chi connectivity index (χ2v) is 7.42. The van der Waals surface area contributed by atoms with Crippen LogP contribution < -0.4 is 5.32 Å². The van der Waals surface area contributed by atoms with Gasteiger partial charge in [0.2, 0.25) is 0 Å². The third-order valence-corrected chi connectivity index (χ3v) is 5.13. The Hall–Kier alpha value is -0.0400. The summed E-state index contributed by atoms with van der Waals surface area (Å²) in [4.78, 5) is 0. The van der Waals surface area contributed by atoms with Gasteiger partial charge in [-0.3, -0.25) is 0 Å². The standard InChI is InChI=1S/C18H37N/c1-6-12-19-17(13-16(5)7-2)18(14-15(3)4)10-8-9-11-18/h15-17,19H,6-14H2,1-5H3. The summed E-state index contributed by atoms with van der Waals surface area (Å²) in [7, 11) is 0. The Morgan fingerprint density at radius 2 is 1.68 bits per heavy atom. The summed E-state index contributed by atoms with van der Waals surface area (Å²) in [6, 6.07) is 0.757. The van der Waals surface area contributed by atoms with Crippen LogP contribution in [0.3, 0.4) is 0 Å². The molecule has 2 unspecified atom stereocenters. The lowest BCUT2D eigenvalue weighted by molar-refractivity contribution is 0.134. The Labute approximate surface area is 121 Å². The van der Waals surface area contributed by atoms with Crippen molar-refractivity contribution < 1.29 is 0 Å². The fourth-order valence-electron chi connectivity index (χ4n) is 4.02. The third kappa shape index (κ3) is 5.10. The number of nitrogens with one attached hydrogen (secondary N) is 1. The van der Waals surface area contributed by atoms with Gasteiger partial charge in [0.05, 0.1) is 0 Å². The van der Waals surface area contributed by atoms with Crippen molar-refractivity contribution in [2.75, 3.05) is 6.54 Å². The zero-order valence-electron chi connectivity index (χ0n) is 14.1. The lowest BCUT2D eigenvalue weighted by Crippen LogP contribution is -2.46. The molecule has 0 aromatic carbocycles. The monoisotopic (exact) mass is 267 g/mol. The minimum Gasteiger partial charge on any atom is -0.313 e. The van der Waals surface area contributed by atoms with Gasteiger partial charge in [0.1, 0.15) is 0 Å². The molecule has 0 heterocycles. The Morgan fingerprint density at radius 1 is 1.05 bits per heavy atom. The second-order valence-electron chi connectivity index (χ2n) is 7.42. The van der Waals surface area contributed by atoms with Crippen LogP contribution >= 0.6 is 0 Å². The first-order chi connectivity index (χ1) is 9.04. The lowest BCUT2D eigenvalue weighted by atomic mass is 9.70. The SMILES string of the molecule is CCCNC(CC(C)CC)C1(CC(C)C)CCCC1. The lowest BCUT2D eigenvalue weighted by Gasteiger charge is -2.41. The van der Waals surface area contributed by atoms with E-state index in [1.165, 1.54) is 57.9 Å². The van der Waals surface area contributed by atoms with Gasteiger partial charge in [0.25, 0.3) is 0 Å². The van der Waals surface area contributed by atoms with E-state index in [9.17, 15) is 0 Å². The minimum atomic E-state index is 0.604. The second kappa shape index (κ2) is 8.29. The quantitative estimate of drug-likeness (QED) is 0.590. The van der Waals surface area contributed by atoms with E-state index in [1.807, 2.05) is 0 Å². The van der Waals surface area contributed by atoms with Gasteiger partial charge in [0, 0.05) is 6.04 Å². The van der Waals surface area contributed by atoms with Crippen LogP contribution in [0.25, 0.3) is 0 Å². The topological polar surface area (TPSA) is 12.0 Å². The van der Waals surface area contributed by atoms with Crippen molar-refractivity contribution in [1.29, 1.82) is 0 Å². The van der Waals surface area contributed by atoms with E-state index < -0.39 is 0 Å². The molecule has 0 aliphatic heterocycles. The van der Waals surface area contributed by atoms with Gasteiger partial charge in [-0.25, -0.2) is 0 Å². The molecule has 0 spiro atoms. The molecule has 0 bridgehead atoms. The largest absolute Gasteiger partial charge is 0.313 e. The van der Waals surface area contributed by atoms with E-state index in [1.54, 1.807) is 0 Å². The van der Waals surface area contributed by atoms with Crippen molar-refractivity contribution in [3.05, 3.63) is 0 Å². The minimum absolute atomic E-state index is 0.604. The first-order valence-corrected chi connectivity index (χ1v) is 8.77. The molecule has 0 saturated heterocycles. The van der Waals surface area contributed by atoms with Gasteiger partial charge in [-0.15, -0.1) is 0 Å². The fraction of sp³-hybridized carbons (Fsp3) is 1.00. The number of rotatable bonds is 9. The molecule has 1 saturated carbocycles. The first kappa shape index (κ1) is 17.0. The van der Waals surface area contributed by atoms with Crippen molar-refractivity contribution in [2.24, 2.45) is 17.3 Å². The molecule has 19 heavy (non-hydrogen) atoms. The zero-order chi connectivity index (χ0) is 14.3. The van der Waals surface area contributed by atoms with E-state index >= 15 is 0 Å². The van der Waals surface area contributed by atoms with E-state index in [2.05, 4.69) is 39.9 Å². The van der Waals surface area contributed by atoms with E-state index in [0.29, 0.717) is 5.41 Å². The molecule has 1 N–H and O–H groups in total. The number of hydrogen-bond acceptors (Lipinski definition) is 1. The molecular weight excluding hydrogens is 230 g/mol. The average molecular weight is 268 g/mol. The van der Waals surface area contributed by atoms with Gasteiger partial charge in [-0.2, -0.15) is 0 Å². The summed E-state index contributed by atoms with van der Waals surface area (Å²) in [5.41, 5.74) is 0.604. The molecular formula is C18H37N. The van der Waals surface area contributed by atoms with Crippen LogP contribution in [0.5, 0.6) is 0 Å². The maximum atomic E-state index is 3.92. The van der Waals surface area contributed by atoms with Crippen LogP contribution in [-0.4, -0.2) is 12.6 Å². The Bertz CT molecular complexity index is 228. The van der Waals surface area contributed by atoms with Gasteiger partial charge >= 0.3 is 0 Å². The average Bonchev–Trinajstić information content (AvgIpc) is 2.82. The van der Waals surface area contributed by atoms with Crippen molar-refractivity contribution in [1.82, 2.24) is 5.32 Å². The first-order valence-electron chi connectivity index (χ1n) is 8.77. The van der Waals surface area contributed by atoms with Gasteiger partial charge in [-0.1, -0.05) is 53.9 Å². The molecule has 2 atom stereocenters. The van der Waals surface area contributed by atoms with Crippen molar-refractivity contribution in [2.45, 2.75) is 92.0 Å². The van der Waals surface area contributed by atoms with Crippen molar-refractivity contribution in [3.63, 3.8) is 0 Å². The summed E-state index contributed by atoms with van der Waals surface area (Å²) in [5.74, 6) is 1.69. The van der Waals surface area contributed by atoms with Crippen LogP contribution in [-0.2, 0) is 0 Å². The highest BCUT2D eigenvalue weighted by molar-refractivity contribution is 4.95. The third-order valence-electron chi connectivity index (χ3n) is 5.13. The summed E-state index contributed by atoms with van der Waals surface area (Å²) in [6.07, 6.45) is 11.2. The van der Waals surface area contributed by atoms with Crippen molar-refractivity contribution >= 4 is 0 Å². The highest BCUT2D eigenvalue weighted by atomic mass is 14.9. The maximum Gasteiger partial charge on any atom is 0.0126 e. The molecule has 1 rings (SSSR count). The fourth-order valence-corrected chi connectivity index (χ4v) is 4.02. The highest BCUT2D eigenvalue weighted by Gasteiger charge is 2.41. The number of hydrogen-bond donors (Lipinski definition) is 1. The molecule has 1 aliphatic carbocycles. The van der Waals surface area contributed by atoms with Gasteiger partial charge < -0.3 is 5.32 Å². The molecule has 114 valence electrons. The Morgan fingerprint density at radius 3 is 2.16 bits per heavy atom. The Balaban J connectivity index is 2.76. The molecule has 1 heteroatoms. The molecule has 0 radical (unpaired) electrons. The van der Waals surface area contributed by atoms with Crippen LogP contribution in [0.15, 0.2) is 0 Å². The predicted molar refractivity (Wildman–Crippen MR) is 86.5 cm³/mol. The van der Waals surface area contributed by atoms with Gasteiger partial charge in [0.15, 0.2) is 0 Å². The van der Waals surface area contributed by atoms with Crippen LogP contribution in [0.4, 0.5) is 0 Å².